The van der Waals surface area contributed by atoms with Gasteiger partial charge in [0.15, 0.2) is 5.82 Å². The summed E-state index contributed by atoms with van der Waals surface area (Å²) in [5, 5.41) is 26.2. The molecule has 0 fully saturated rings. The van der Waals surface area contributed by atoms with Gasteiger partial charge in [0.05, 0.1) is 0 Å². The molecule has 0 saturated carbocycles. The first-order valence-corrected chi connectivity index (χ1v) is 4.60. The number of phenolic OH excluding ortho intramolecular Hbond substituents is 2. The molecule has 0 aliphatic carbocycles. The Bertz CT molecular complexity index is 521. The van der Waals surface area contributed by atoms with E-state index in [1.807, 2.05) is 0 Å². The average molecular weight is 263 g/mol. The van der Waals surface area contributed by atoms with E-state index in [2.05, 4.69) is 15.2 Å². The molecule has 0 aliphatic heterocycles. The van der Waals surface area contributed by atoms with Gasteiger partial charge in [-0.1, -0.05) is 6.07 Å². The Hall–Kier alpha value is -0.430. The van der Waals surface area contributed by atoms with Crippen LogP contribution >= 0.6 is 0 Å². The van der Waals surface area contributed by atoms with Crippen LogP contribution in [0.15, 0.2) is 52.8 Å². The van der Waals surface area contributed by atoms with Crippen LogP contribution in [-0.2, 0) is 0 Å². The second-order valence-corrected chi connectivity index (χ2v) is 3.06. The Labute approximate surface area is 149 Å². The van der Waals surface area contributed by atoms with E-state index < -0.39 is 0 Å². The Morgan fingerprint density at radius 1 is 0.944 bits per heavy atom. The maximum absolute atomic E-state index is 9.44. The molecule has 0 atom stereocenters. The first kappa shape index (κ1) is 17.6. The van der Waals surface area contributed by atoms with Gasteiger partial charge in [0.2, 0.25) is 0 Å². The molecule has 1 aromatic carbocycles. The van der Waals surface area contributed by atoms with Crippen molar-refractivity contribution in [3.8, 4) is 11.5 Å². The number of nitrogens with zero attached hydrogens (tertiary/aromatic N) is 3. The van der Waals surface area contributed by atoms with Gasteiger partial charge in [0, 0.05) is 12.3 Å². The van der Waals surface area contributed by atoms with Crippen LogP contribution < -0.4 is 0 Å². The first-order chi connectivity index (χ1) is 7.75. The van der Waals surface area contributed by atoms with E-state index in [1.54, 1.807) is 24.4 Å². The number of aromatic hydroxyl groups is 2. The summed E-state index contributed by atoms with van der Waals surface area (Å²) in [7, 11) is 0. The number of hydrogen-bond donors (Lipinski definition) is 2. The summed E-state index contributed by atoms with van der Waals surface area (Å²) in [6.07, 6.45) is 1.60. The fourth-order valence-corrected chi connectivity index (χ4v) is 1.11. The molecule has 5 nitrogen and oxygen atoms in total. The summed E-state index contributed by atoms with van der Waals surface area (Å²) < 4.78 is 0. The van der Waals surface area contributed by atoms with E-state index in [1.165, 1.54) is 18.2 Å². The number of pyridine rings is 1. The molecular formula is C11H11N3Na2O2. The molecule has 0 amide bonds. The van der Waals surface area contributed by atoms with E-state index in [0.717, 1.165) is 0 Å². The zero-order valence-electron chi connectivity index (χ0n) is 8.28. The Kier molecular flexibility index (Phi) is 8.43. The fraction of sp³-hybridized carbons (Fsp3) is 0. The summed E-state index contributed by atoms with van der Waals surface area (Å²) in [6, 6.07) is 9.35. The van der Waals surface area contributed by atoms with E-state index in [-0.39, 0.29) is 76.3 Å². The standard InChI is InChI=1S/C11H9N3O2.2Na.2H/c15-8-4-5-9(10(16)7-8)13-14-11-3-1-2-6-12-11;;;;/h1-7,15-16H;;;;. The molecule has 84 valence electrons. The molecule has 0 radical (unpaired) electrons. The van der Waals surface area contributed by atoms with E-state index in [0.29, 0.717) is 5.82 Å². The molecular weight excluding hydrogens is 252 g/mol. The number of rotatable bonds is 2. The molecule has 18 heavy (non-hydrogen) atoms. The zero-order chi connectivity index (χ0) is 11.4. The minimum absolute atomic E-state index is 0. The molecule has 2 N–H and O–H groups in total. The molecule has 7 heteroatoms. The monoisotopic (exact) mass is 263 g/mol. The normalized spacial score (nSPS) is 9.56. The third kappa shape index (κ3) is 5.06. The van der Waals surface area contributed by atoms with Crippen LogP contribution in [0.5, 0.6) is 11.5 Å². The minimum atomic E-state index is -0.125. The third-order valence-electron chi connectivity index (χ3n) is 1.87. The summed E-state index contributed by atoms with van der Waals surface area (Å²) in [4.78, 5) is 3.95. The van der Waals surface area contributed by atoms with E-state index >= 15 is 0 Å². The average Bonchev–Trinajstić information content (AvgIpc) is 2.29. The Morgan fingerprint density at radius 3 is 2.33 bits per heavy atom. The molecule has 1 heterocycles. The number of benzene rings is 1. The number of azo groups is 1. The molecule has 0 spiro atoms. The SMILES string of the molecule is Oc1ccc(N=Nc2ccccn2)c(O)c1.[NaH].[NaH]. The van der Waals surface area contributed by atoms with Crippen LogP contribution in [0.4, 0.5) is 11.5 Å². The fourth-order valence-electron chi connectivity index (χ4n) is 1.11. The van der Waals surface area contributed by atoms with Crippen molar-refractivity contribution in [1.82, 2.24) is 4.98 Å². The number of aromatic nitrogens is 1. The summed E-state index contributed by atoms with van der Waals surface area (Å²) in [6.45, 7) is 0. The second-order valence-electron chi connectivity index (χ2n) is 3.06. The van der Waals surface area contributed by atoms with Gasteiger partial charge in [-0.15, -0.1) is 10.2 Å². The van der Waals surface area contributed by atoms with Gasteiger partial charge in [-0.3, -0.25) is 0 Å². The van der Waals surface area contributed by atoms with Gasteiger partial charge in [-0.2, -0.15) is 0 Å². The summed E-state index contributed by atoms with van der Waals surface area (Å²) >= 11 is 0. The van der Waals surface area contributed by atoms with Crippen molar-refractivity contribution in [3.63, 3.8) is 0 Å². The predicted molar refractivity (Wildman–Crippen MR) is 72.5 cm³/mol. The van der Waals surface area contributed by atoms with Crippen molar-refractivity contribution in [2.75, 3.05) is 0 Å². The molecule has 0 unspecified atom stereocenters. The molecule has 1 aromatic heterocycles. The molecule has 2 aromatic rings. The molecule has 0 aliphatic rings. The molecule has 0 bridgehead atoms. The summed E-state index contributed by atoms with van der Waals surface area (Å²) in [5.41, 5.74) is 0.281. The van der Waals surface area contributed by atoms with Crippen molar-refractivity contribution in [2.24, 2.45) is 10.2 Å². The topological polar surface area (TPSA) is 78.1 Å². The van der Waals surface area contributed by atoms with Gasteiger partial charge >= 0.3 is 59.1 Å². The number of phenols is 2. The van der Waals surface area contributed by atoms with Crippen LogP contribution in [0.3, 0.4) is 0 Å². The van der Waals surface area contributed by atoms with Gasteiger partial charge in [-0.05, 0) is 24.3 Å². The van der Waals surface area contributed by atoms with E-state index in [4.69, 9.17) is 5.11 Å². The zero-order valence-corrected chi connectivity index (χ0v) is 8.28. The second kappa shape index (κ2) is 8.63. The predicted octanol–water partition coefficient (Wildman–Crippen LogP) is 1.61. The third-order valence-corrected chi connectivity index (χ3v) is 1.87. The van der Waals surface area contributed by atoms with Crippen molar-refractivity contribution < 1.29 is 10.2 Å². The van der Waals surface area contributed by atoms with Crippen LogP contribution in [0.2, 0.25) is 0 Å². The van der Waals surface area contributed by atoms with Crippen LogP contribution in [0.25, 0.3) is 0 Å². The van der Waals surface area contributed by atoms with Crippen molar-refractivity contribution in [1.29, 1.82) is 0 Å². The van der Waals surface area contributed by atoms with Crippen LogP contribution in [0, 0.1) is 0 Å². The Balaban J connectivity index is 0.00000144. The quantitative estimate of drug-likeness (QED) is 0.638. The van der Waals surface area contributed by atoms with Gasteiger partial charge in [0.1, 0.15) is 17.2 Å². The van der Waals surface area contributed by atoms with Gasteiger partial charge < -0.3 is 10.2 Å². The number of hydrogen-bond acceptors (Lipinski definition) is 5. The van der Waals surface area contributed by atoms with Crippen LogP contribution in [-0.4, -0.2) is 74.3 Å². The molecule has 0 saturated heterocycles. The maximum atomic E-state index is 9.44. The van der Waals surface area contributed by atoms with Crippen LogP contribution in [0.1, 0.15) is 0 Å². The van der Waals surface area contributed by atoms with Crippen molar-refractivity contribution in [3.05, 3.63) is 42.6 Å². The Morgan fingerprint density at radius 2 is 1.72 bits per heavy atom. The van der Waals surface area contributed by atoms with Crippen molar-refractivity contribution in [2.45, 2.75) is 0 Å². The van der Waals surface area contributed by atoms with Crippen molar-refractivity contribution >= 4 is 70.6 Å². The first-order valence-electron chi connectivity index (χ1n) is 4.60. The van der Waals surface area contributed by atoms with E-state index in [9.17, 15) is 5.11 Å². The molecule has 2 rings (SSSR count). The van der Waals surface area contributed by atoms with Gasteiger partial charge in [0.25, 0.3) is 0 Å². The summed E-state index contributed by atoms with van der Waals surface area (Å²) in [5.74, 6) is 0.309. The van der Waals surface area contributed by atoms with Gasteiger partial charge in [-0.25, -0.2) is 4.98 Å².